The summed E-state index contributed by atoms with van der Waals surface area (Å²) in [5, 5.41) is 20.8. The number of phenols is 1. The van der Waals surface area contributed by atoms with Crippen LogP contribution in [0.3, 0.4) is 0 Å². The minimum Gasteiger partial charge on any atom is -0.507 e. The van der Waals surface area contributed by atoms with Gasteiger partial charge in [0.05, 0.1) is 16.6 Å². The fourth-order valence-corrected chi connectivity index (χ4v) is 2.01. The van der Waals surface area contributed by atoms with Gasteiger partial charge in [-0.2, -0.15) is 0 Å². The number of fused-ring (bicyclic) bond motifs is 1. The normalized spacial score (nSPS) is 10.6. The van der Waals surface area contributed by atoms with E-state index in [4.69, 9.17) is 5.11 Å². The fraction of sp³-hybridized carbons (Fsp3) is 0. The van der Waals surface area contributed by atoms with Crippen LogP contribution in [0.15, 0.2) is 42.5 Å². The fourth-order valence-electron chi connectivity index (χ4n) is 2.01. The number of benzene rings is 2. The number of aromatic hydroxyl groups is 1. The predicted octanol–water partition coefficient (Wildman–Crippen LogP) is 3.03. The van der Waals surface area contributed by atoms with Crippen molar-refractivity contribution in [2.75, 3.05) is 5.32 Å². The van der Waals surface area contributed by atoms with E-state index in [1.54, 1.807) is 42.5 Å². The molecule has 0 aliphatic heterocycles. The van der Waals surface area contributed by atoms with Crippen LogP contribution in [0.1, 0.15) is 0 Å². The molecule has 3 rings (SSSR count). The van der Waals surface area contributed by atoms with Gasteiger partial charge in [-0.3, -0.25) is 5.32 Å². The molecule has 6 heteroatoms. The van der Waals surface area contributed by atoms with Crippen LogP contribution in [0.4, 0.5) is 10.5 Å². The Morgan fingerprint density at radius 3 is 2.75 bits per heavy atom. The molecule has 0 unspecified atom stereocenters. The molecule has 6 nitrogen and oxygen atoms in total. The highest BCUT2D eigenvalue weighted by Gasteiger charge is 2.09. The van der Waals surface area contributed by atoms with Crippen LogP contribution in [0, 0.1) is 0 Å². The van der Waals surface area contributed by atoms with Gasteiger partial charge >= 0.3 is 6.09 Å². The number of nitrogens with zero attached hydrogens (tertiary/aromatic N) is 1. The zero-order chi connectivity index (χ0) is 14.1. The first kappa shape index (κ1) is 12.0. The summed E-state index contributed by atoms with van der Waals surface area (Å²) in [5.74, 6) is 0.668. The van der Waals surface area contributed by atoms with Gasteiger partial charge in [0.25, 0.3) is 0 Å². The molecular formula is C14H11N3O3. The Balaban J connectivity index is 2.07. The van der Waals surface area contributed by atoms with E-state index in [-0.39, 0.29) is 5.75 Å². The smallest absolute Gasteiger partial charge is 0.409 e. The van der Waals surface area contributed by atoms with Crippen molar-refractivity contribution in [3.05, 3.63) is 42.5 Å². The number of phenolic OH excluding ortho intramolecular Hbond substituents is 1. The molecule has 0 bridgehead atoms. The van der Waals surface area contributed by atoms with E-state index in [2.05, 4.69) is 15.3 Å². The summed E-state index contributed by atoms with van der Waals surface area (Å²) in [7, 11) is 0. The number of carbonyl (C=O) groups is 1. The number of para-hydroxylation sites is 1. The highest BCUT2D eigenvalue weighted by molar-refractivity contribution is 5.89. The summed E-state index contributed by atoms with van der Waals surface area (Å²) < 4.78 is 0. The van der Waals surface area contributed by atoms with E-state index in [0.29, 0.717) is 28.1 Å². The lowest BCUT2D eigenvalue weighted by Gasteiger charge is -1.99. The van der Waals surface area contributed by atoms with Crippen LogP contribution in [-0.4, -0.2) is 26.3 Å². The number of imidazole rings is 1. The molecule has 0 saturated carbocycles. The summed E-state index contributed by atoms with van der Waals surface area (Å²) in [6, 6.07) is 11.9. The van der Waals surface area contributed by atoms with Crippen LogP contribution >= 0.6 is 0 Å². The maximum absolute atomic E-state index is 10.6. The van der Waals surface area contributed by atoms with Crippen LogP contribution in [0.5, 0.6) is 5.75 Å². The molecule has 0 aliphatic carbocycles. The van der Waals surface area contributed by atoms with Crippen LogP contribution in [-0.2, 0) is 0 Å². The van der Waals surface area contributed by atoms with Gasteiger partial charge in [-0.05, 0) is 30.3 Å². The number of H-pyrrole nitrogens is 1. The molecular weight excluding hydrogens is 258 g/mol. The predicted molar refractivity (Wildman–Crippen MR) is 74.8 cm³/mol. The number of amides is 1. The second-order valence-corrected chi connectivity index (χ2v) is 4.26. The first-order valence-corrected chi connectivity index (χ1v) is 5.91. The molecule has 0 spiro atoms. The lowest BCUT2D eigenvalue weighted by Crippen LogP contribution is -2.06. The van der Waals surface area contributed by atoms with Gasteiger partial charge < -0.3 is 15.2 Å². The summed E-state index contributed by atoms with van der Waals surface area (Å²) >= 11 is 0. The van der Waals surface area contributed by atoms with Crippen LogP contribution in [0.2, 0.25) is 0 Å². The van der Waals surface area contributed by atoms with Crippen molar-refractivity contribution in [1.82, 2.24) is 9.97 Å². The number of carboxylic acid groups (broad SMARTS) is 1. The molecule has 0 radical (unpaired) electrons. The van der Waals surface area contributed by atoms with Crippen LogP contribution in [0.25, 0.3) is 22.4 Å². The molecule has 0 fully saturated rings. The summed E-state index contributed by atoms with van der Waals surface area (Å²) in [6.45, 7) is 0. The molecule has 0 saturated heterocycles. The van der Waals surface area contributed by atoms with Gasteiger partial charge in [-0.15, -0.1) is 0 Å². The van der Waals surface area contributed by atoms with E-state index in [1.165, 1.54) is 0 Å². The van der Waals surface area contributed by atoms with Crippen molar-refractivity contribution in [3.63, 3.8) is 0 Å². The number of anilines is 1. The number of aromatic amines is 1. The summed E-state index contributed by atoms with van der Waals surface area (Å²) in [5.41, 5.74) is 2.43. The second kappa shape index (κ2) is 4.58. The zero-order valence-electron chi connectivity index (χ0n) is 10.3. The molecule has 1 aromatic heterocycles. The standard InChI is InChI=1S/C14H11N3O3/c18-12-4-2-1-3-9(12)13-16-10-6-5-8(15-14(19)20)7-11(10)17-13/h1-7,15,18H,(H,16,17)(H,19,20). The zero-order valence-corrected chi connectivity index (χ0v) is 10.3. The van der Waals surface area contributed by atoms with Crippen molar-refractivity contribution in [2.24, 2.45) is 0 Å². The lowest BCUT2D eigenvalue weighted by molar-refractivity contribution is 0.210. The van der Waals surface area contributed by atoms with Gasteiger partial charge in [-0.1, -0.05) is 12.1 Å². The molecule has 0 aliphatic rings. The SMILES string of the molecule is O=C(O)Nc1ccc2nc(-c3ccccc3O)[nH]c2c1. The summed E-state index contributed by atoms with van der Waals surface area (Å²) in [4.78, 5) is 18.0. The van der Waals surface area contributed by atoms with Crippen molar-refractivity contribution < 1.29 is 15.0 Å². The molecule has 4 N–H and O–H groups in total. The number of rotatable bonds is 2. The van der Waals surface area contributed by atoms with Gasteiger partial charge in [0.15, 0.2) is 0 Å². The monoisotopic (exact) mass is 269 g/mol. The minimum atomic E-state index is -1.12. The van der Waals surface area contributed by atoms with Crippen molar-refractivity contribution in [2.45, 2.75) is 0 Å². The van der Waals surface area contributed by atoms with E-state index < -0.39 is 6.09 Å². The van der Waals surface area contributed by atoms with Gasteiger partial charge in [0, 0.05) is 5.69 Å². The number of nitrogens with one attached hydrogen (secondary N) is 2. The third-order valence-corrected chi connectivity index (χ3v) is 2.89. The molecule has 100 valence electrons. The van der Waals surface area contributed by atoms with Crippen molar-refractivity contribution >= 4 is 22.8 Å². The summed E-state index contributed by atoms with van der Waals surface area (Å²) in [6.07, 6.45) is -1.12. The number of aromatic nitrogens is 2. The largest absolute Gasteiger partial charge is 0.507 e. The molecule has 2 aromatic carbocycles. The highest BCUT2D eigenvalue weighted by Crippen LogP contribution is 2.28. The van der Waals surface area contributed by atoms with E-state index in [1.807, 2.05) is 0 Å². The highest BCUT2D eigenvalue weighted by atomic mass is 16.4. The maximum Gasteiger partial charge on any atom is 0.409 e. The quantitative estimate of drug-likeness (QED) is 0.574. The topological polar surface area (TPSA) is 98.2 Å². The third-order valence-electron chi connectivity index (χ3n) is 2.89. The average molecular weight is 269 g/mol. The van der Waals surface area contributed by atoms with E-state index >= 15 is 0 Å². The Morgan fingerprint density at radius 1 is 1.20 bits per heavy atom. The van der Waals surface area contributed by atoms with Gasteiger partial charge in [-0.25, -0.2) is 9.78 Å². The Morgan fingerprint density at radius 2 is 2.00 bits per heavy atom. The van der Waals surface area contributed by atoms with Crippen LogP contribution < -0.4 is 5.32 Å². The molecule has 3 aromatic rings. The average Bonchev–Trinajstić information content (AvgIpc) is 2.81. The Bertz CT molecular complexity index is 795. The Labute approximate surface area is 113 Å². The second-order valence-electron chi connectivity index (χ2n) is 4.26. The molecule has 20 heavy (non-hydrogen) atoms. The number of hydrogen-bond donors (Lipinski definition) is 4. The van der Waals surface area contributed by atoms with E-state index in [9.17, 15) is 9.90 Å². The lowest BCUT2D eigenvalue weighted by atomic mass is 10.2. The van der Waals surface area contributed by atoms with Gasteiger partial charge in [0.2, 0.25) is 0 Å². The molecule has 1 amide bonds. The minimum absolute atomic E-state index is 0.135. The Kier molecular flexibility index (Phi) is 2.76. The van der Waals surface area contributed by atoms with Crippen molar-refractivity contribution in [3.8, 4) is 17.1 Å². The first-order valence-electron chi connectivity index (χ1n) is 5.91. The first-order chi connectivity index (χ1) is 9.63. The molecule has 1 heterocycles. The molecule has 0 atom stereocenters. The van der Waals surface area contributed by atoms with Gasteiger partial charge in [0.1, 0.15) is 11.6 Å². The maximum atomic E-state index is 10.6. The van der Waals surface area contributed by atoms with E-state index in [0.717, 1.165) is 0 Å². The van der Waals surface area contributed by atoms with Crippen molar-refractivity contribution in [1.29, 1.82) is 0 Å². The Hall–Kier alpha value is -3.02. The number of hydrogen-bond acceptors (Lipinski definition) is 3. The third kappa shape index (κ3) is 2.14.